The quantitative estimate of drug-likeness (QED) is 0.533. The van der Waals surface area contributed by atoms with Gasteiger partial charge in [0, 0.05) is 41.6 Å². The van der Waals surface area contributed by atoms with Crippen LogP contribution in [0.1, 0.15) is 22.5 Å². The van der Waals surface area contributed by atoms with Crippen molar-refractivity contribution in [2.24, 2.45) is 0 Å². The number of aromatic nitrogens is 7. The number of carbonyl (C=O) groups excluding carboxylic acids is 1. The van der Waals surface area contributed by atoms with Gasteiger partial charge in [-0.2, -0.15) is 14.6 Å². The highest BCUT2D eigenvalue weighted by Crippen LogP contribution is 2.16. The van der Waals surface area contributed by atoms with E-state index < -0.39 is 0 Å². The molecule has 0 fully saturated rings. The fraction of sp³-hybridized carbons (Fsp3) is 0.222. The molecule has 0 aliphatic rings. The Bertz CT molecular complexity index is 1150. The maximum Gasteiger partial charge on any atom is 0.254 e. The highest BCUT2D eigenvalue weighted by molar-refractivity contribution is 5.91. The third kappa shape index (κ3) is 3.52. The molecule has 0 atom stereocenters. The van der Waals surface area contributed by atoms with Crippen LogP contribution >= 0.6 is 0 Å². The molecular weight excluding hydrogens is 358 g/mol. The molecule has 10 heteroatoms. The third-order valence-electron chi connectivity index (χ3n) is 4.40. The molecule has 0 spiro atoms. The minimum Gasteiger partial charge on any atom is -0.366 e. The summed E-state index contributed by atoms with van der Waals surface area (Å²) in [6, 6.07) is 5.61. The first-order valence-corrected chi connectivity index (χ1v) is 8.70. The second-order valence-corrected chi connectivity index (χ2v) is 6.42. The number of nitrogens with two attached hydrogens (primary N) is 1. The standard InChI is InChI=1S/C18H19N9O/c1-11-14(12(2)27-18(21-11)23-17(19)25-27)9-16(28)22-15-5-8-26(24-15)10-13-3-6-20-7-4-13/h3-8H,9-10H2,1-2H3,(H2,19,25)(H,22,24,28). The van der Waals surface area contributed by atoms with Crippen LogP contribution in [0.2, 0.25) is 0 Å². The van der Waals surface area contributed by atoms with Crippen molar-refractivity contribution in [1.29, 1.82) is 0 Å². The lowest BCUT2D eigenvalue weighted by Gasteiger charge is -2.10. The molecule has 0 aliphatic heterocycles. The normalized spacial score (nSPS) is 11.1. The second-order valence-electron chi connectivity index (χ2n) is 6.42. The molecule has 0 aromatic carbocycles. The molecule has 0 aliphatic carbocycles. The Hall–Kier alpha value is -3.82. The molecule has 10 nitrogen and oxygen atoms in total. The molecule has 28 heavy (non-hydrogen) atoms. The monoisotopic (exact) mass is 377 g/mol. The van der Waals surface area contributed by atoms with Crippen molar-refractivity contribution >= 4 is 23.5 Å². The number of amides is 1. The lowest BCUT2D eigenvalue weighted by molar-refractivity contribution is -0.115. The number of hydrogen-bond donors (Lipinski definition) is 2. The topological polar surface area (TPSA) is 129 Å². The third-order valence-corrected chi connectivity index (χ3v) is 4.40. The molecule has 4 heterocycles. The number of aryl methyl sites for hydroxylation is 2. The van der Waals surface area contributed by atoms with E-state index >= 15 is 0 Å². The number of hydrogen-bond acceptors (Lipinski definition) is 7. The largest absolute Gasteiger partial charge is 0.366 e. The minimum absolute atomic E-state index is 0.149. The summed E-state index contributed by atoms with van der Waals surface area (Å²) in [6.07, 6.45) is 5.44. The summed E-state index contributed by atoms with van der Waals surface area (Å²) in [6.45, 7) is 4.30. The average molecular weight is 377 g/mol. The smallest absolute Gasteiger partial charge is 0.254 e. The first kappa shape index (κ1) is 17.6. The fourth-order valence-corrected chi connectivity index (χ4v) is 3.02. The zero-order valence-corrected chi connectivity index (χ0v) is 15.5. The number of nitrogens with one attached hydrogen (secondary N) is 1. The predicted molar refractivity (Wildman–Crippen MR) is 103 cm³/mol. The Morgan fingerprint density at radius 2 is 1.93 bits per heavy atom. The van der Waals surface area contributed by atoms with Gasteiger partial charge in [-0.25, -0.2) is 4.98 Å². The maximum atomic E-state index is 12.5. The Labute approximate surface area is 160 Å². The predicted octanol–water partition coefficient (Wildman–Crippen LogP) is 1.14. The van der Waals surface area contributed by atoms with Crippen LogP contribution in [0.4, 0.5) is 11.8 Å². The highest BCUT2D eigenvalue weighted by Gasteiger charge is 2.16. The van der Waals surface area contributed by atoms with Crippen LogP contribution in [0.3, 0.4) is 0 Å². The first-order valence-electron chi connectivity index (χ1n) is 8.70. The molecule has 0 bridgehead atoms. The van der Waals surface area contributed by atoms with E-state index in [2.05, 4.69) is 30.5 Å². The fourth-order valence-electron chi connectivity index (χ4n) is 3.02. The number of nitrogens with zero attached hydrogens (tertiary/aromatic N) is 7. The van der Waals surface area contributed by atoms with Crippen molar-refractivity contribution in [2.45, 2.75) is 26.8 Å². The lowest BCUT2D eigenvalue weighted by atomic mass is 10.1. The zero-order valence-electron chi connectivity index (χ0n) is 15.5. The van der Waals surface area contributed by atoms with Gasteiger partial charge >= 0.3 is 0 Å². The summed E-state index contributed by atoms with van der Waals surface area (Å²) in [7, 11) is 0. The van der Waals surface area contributed by atoms with E-state index in [1.54, 1.807) is 27.7 Å². The van der Waals surface area contributed by atoms with Gasteiger partial charge in [-0.05, 0) is 31.5 Å². The second kappa shape index (κ2) is 7.06. The van der Waals surface area contributed by atoms with E-state index in [4.69, 9.17) is 5.73 Å². The van der Waals surface area contributed by atoms with Crippen LogP contribution < -0.4 is 11.1 Å². The van der Waals surface area contributed by atoms with E-state index in [9.17, 15) is 4.79 Å². The number of carbonyl (C=O) groups is 1. The molecule has 0 saturated carbocycles. The van der Waals surface area contributed by atoms with Crippen molar-refractivity contribution in [2.75, 3.05) is 11.1 Å². The minimum atomic E-state index is -0.186. The van der Waals surface area contributed by atoms with Crippen molar-refractivity contribution in [3.05, 3.63) is 59.3 Å². The van der Waals surface area contributed by atoms with Crippen molar-refractivity contribution in [3.63, 3.8) is 0 Å². The summed E-state index contributed by atoms with van der Waals surface area (Å²) in [5.74, 6) is 0.880. The molecule has 1 amide bonds. The van der Waals surface area contributed by atoms with Crippen LogP contribution in [0.5, 0.6) is 0 Å². The summed E-state index contributed by atoms with van der Waals surface area (Å²) >= 11 is 0. The highest BCUT2D eigenvalue weighted by atomic mass is 16.1. The number of anilines is 2. The van der Waals surface area contributed by atoms with Crippen molar-refractivity contribution in [1.82, 2.24) is 34.3 Å². The summed E-state index contributed by atoms with van der Waals surface area (Å²) in [5.41, 5.74) is 9.01. The Kier molecular flexibility index (Phi) is 4.44. The van der Waals surface area contributed by atoms with E-state index in [1.807, 2.05) is 32.2 Å². The van der Waals surface area contributed by atoms with Gasteiger partial charge in [0.05, 0.1) is 13.0 Å². The molecule has 0 unspecified atom stereocenters. The van der Waals surface area contributed by atoms with Gasteiger partial charge in [0.1, 0.15) is 0 Å². The Morgan fingerprint density at radius 1 is 1.14 bits per heavy atom. The van der Waals surface area contributed by atoms with Gasteiger partial charge in [0.2, 0.25) is 11.9 Å². The van der Waals surface area contributed by atoms with Gasteiger partial charge < -0.3 is 11.1 Å². The molecule has 3 N–H and O–H groups in total. The summed E-state index contributed by atoms with van der Waals surface area (Å²) in [5, 5.41) is 11.3. The Balaban J connectivity index is 1.47. The van der Waals surface area contributed by atoms with E-state index in [1.165, 1.54) is 0 Å². The van der Waals surface area contributed by atoms with E-state index in [-0.39, 0.29) is 18.3 Å². The Morgan fingerprint density at radius 3 is 2.71 bits per heavy atom. The van der Waals surface area contributed by atoms with Gasteiger partial charge in [-0.1, -0.05) is 0 Å². The summed E-state index contributed by atoms with van der Waals surface area (Å²) in [4.78, 5) is 25.0. The van der Waals surface area contributed by atoms with Crippen LogP contribution in [-0.4, -0.2) is 40.3 Å². The molecule has 4 aromatic rings. The van der Waals surface area contributed by atoms with E-state index in [0.29, 0.717) is 18.1 Å². The van der Waals surface area contributed by atoms with Gasteiger partial charge in [-0.15, -0.1) is 5.10 Å². The number of nitrogen functional groups attached to an aromatic ring is 1. The van der Waals surface area contributed by atoms with Crippen molar-refractivity contribution in [3.8, 4) is 0 Å². The van der Waals surface area contributed by atoms with Crippen LogP contribution in [0.15, 0.2) is 36.8 Å². The maximum absolute atomic E-state index is 12.5. The molecule has 142 valence electrons. The first-order chi connectivity index (χ1) is 13.5. The molecule has 4 rings (SSSR count). The van der Waals surface area contributed by atoms with Crippen molar-refractivity contribution < 1.29 is 4.79 Å². The summed E-state index contributed by atoms with van der Waals surface area (Å²) < 4.78 is 3.31. The van der Waals surface area contributed by atoms with Gasteiger partial charge in [0.15, 0.2) is 5.82 Å². The van der Waals surface area contributed by atoms with Crippen LogP contribution in [-0.2, 0) is 17.8 Å². The van der Waals surface area contributed by atoms with E-state index in [0.717, 1.165) is 22.5 Å². The average Bonchev–Trinajstić information content (AvgIpc) is 3.25. The lowest BCUT2D eigenvalue weighted by Crippen LogP contribution is -2.18. The number of rotatable bonds is 5. The molecular formula is C18H19N9O. The molecule has 0 saturated heterocycles. The number of pyridine rings is 1. The molecule has 4 aromatic heterocycles. The zero-order chi connectivity index (χ0) is 19.7. The van der Waals surface area contributed by atoms with Crippen LogP contribution in [0.25, 0.3) is 5.78 Å². The molecule has 0 radical (unpaired) electrons. The van der Waals surface area contributed by atoms with Gasteiger partial charge in [0.25, 0.3) is 5.78 Å². The number of fused-ring (bicyclic) bond motifs is 1. The SMILES string of the molecule is Cc1nc2nc(N)nn2c(C)c1CC(=O)Nc1ccn(Cc2ccncc2)n1. The van der Waals surface area contributed by atoms with Crippen LogP contribution in [0, 0.1) is 13.8 Å². The van der Waals surface area contributed by atoms with Gasteiger partial charge in [-0.3, -0.25) is 14.5 Å².